The van der Waals surface area contributed by atoms with Gasteiger partial charge in [-0.1, -0.05) is 60.2 Å². The van der Waals surface area contributed by atoms with Crippen molar-refractivity contribution in [2.45, 2.75) is 45.7 Å². The summed E-state index contributed by atoms with van der Waals surface area (Å²) in [5.74, 6) is 1.48. The number of hydrogen-bond acceptors (Lipinski definition) is 0. The largest absolute Gasteiger partial charge is 0.257 e. The molecule has 0 saturated heterocycles. The van der Waals surface area contributed by atoms with E-state index in [2.05, 4.69) is 76.9 Å². The number of hydrogen-bond donors (Lipinski definition) is 0. The first kappa shape index (κ1) is 17.8. The fraction of sp³-hybridized carbons (Fsp3) is 0.318. The van der Waals surface area contributed by atoms with Crippen LogP contribution in [0.3, 0.4) is 0 Å². The van der Waals surface area contributed by atoms with E-state index in [-0.39, 0.29) is 12.4 Å². The monoisotopic (exact) mass is 353 g/mol. The van der Waals surface area contributed by atoms with Crippen LogP contribution in [0.5, 0.6) is 0 Å². The third-order valence-electron chi connectivity index (χ3n) is 5.04. The zero-order valence-electron chi connectivity index (χ0n) is 14.8. The molecule has 0 fully saturated rings. The second-order valence-electron chi connectivity index (χ2n) is 6.87. The molecule has 0 amide bonds. The number of rotatable bonds is 3. The summed E-state index contributed by atoms with van der Waals surface area (Å²) >= 11 is 0. The fourth-order valence-electron chi connectivity index (χ4n) is 3.71. The van der Waals surface area contributed by atoms with E-state index >= 15 is 0 Å². The highest BCUT2D eigenvalue weighted by Gasteiger charge is 2.25. The van der Waals surface area contributed by atoms with E-state index in [1.54, 1.807) is 0 Å². The zero-order valence-corrected chi connectivity index (χ0v) is 15.6. The molecule has 0 atom stereocenters. The van der Waals surface area contributed by atoms with Crippen LogP contribution in [0, 0.1) is 6.92 Å². The first-order valence-corrected chi connectivity index (χ1v) is 9.04. The van der Waals surface area contributed by atoms with Crippen LogP contribution in [0.15, 0.2) is 60.8 Å². The molecule has 2 heterocycles. The molecule has 1 aliphatic rings. The molecule has 0 spiro atoms. The van der Waals surface area contributed by atoms with E-state index in [1.807, 2.05) is 0 Å². The van der Waals surface area contributed by atoms with Crippen molar-refractivity contribution in [1.29, 1.82) is 0 Å². The Morgan fingerprint density at radius 3 is 2.44 bits per heavy atom. The van der Waals surface area contributed by atoms with Crippen LogP contribution in [0.2, 0.25) is 0 Å². The molecule has 130 valence electrons. The molecular formula is C22H26ClN2+. The molecule has 1 aromatic heterocycles. The summed E-state index contributed by atoms with van der Waals surface area (Å²) in [6.45, 7) is 4.25. The number of benzene rings is 2. The molecule has 1 aliphatic heterocycles. The summed E-state index contributed by atoms with van der Waals surface area (Å²) in [5.41, 5.74) is 5.38. The van der Waals surface area contributed by atoms with Crippen molar-refractivity contribution >= 4 is 12.4 Å². The Morgan fingerprint density at radius 2 is 1.68 bits per heavy atom. The Bertz CT molecular complexity index is 819. The predicted octanol–water partition coefficient (Wildman–Crippen LogP) is 4.95. The van der Waals surface area contributed by atoms with E-state index in [9.17, 15) is 0 Å². The van der Waals surface area contributed by atoms with E-state index in [0.29, 0.717) is 0 Å². The lowest BCUT2D eigenvalue weighted by Gasteiger charge is -2.03. The minimum Gasteiger partial charge on any atom is -0.229 e. The Kier molecular flexibility index (Phi) is 5.60. The van der Waals surface area contributed by atoms with Gasteiger partial charge in [0, 0.05) is 12.0 Å². The summed E-state index contributed by atoms with van der Waals surface area (Å²) in [6, 6.07) is 19.7. The van der Waals surface area contributed by atoms with Crippen molar-refractivity contribution in [3.8, 4) is 11.3 Å². The number of aryl methyl sites for hydroxylation is 1. The maximum atomic E-state index is 2.55. The Hall–Kier alpha value is -2.06. The van der Waals surface area contributed by atoms with Crippen LogP contribution in [0.25, 0.3) is 11.3 Å². The van der Waals surface area contributed by atoms with Crippen LogP contribution < -0.4 is 4.57 Å². The molecule has 0 unspecified atom stereocenters. The quantitative estimate of drug-likeness (QED) is 0.589. The third-order valence-corrected chi connectivity index (χ3v) is 5.04. The van der Waals surface area contributed by atoms with E-state index in [1.165, 1.54) is 53.9 Å². The average molecular weight is 354 g/mol. The number of halogens is 1. The average Bonchev–Trinajstić information content (AvgIpc) is 2.80. The minimum atomic E-state index is 0. The van der Waals surface area contributed by atoms with E-state index in [0.717, 1.165) is 13.1 Å². The smallest absolute Gasteiger partial charge is 0.229 e. The van der Waals surface area contributed by atoms with Gasteiger partial charge in [0.05, 0.1) is 6.54 Å². The van der Waals surface area contributed by atoms with Gasteiger partial charge >= 0.3 is 0 Å². The summed E-state index contributed by atoms with van der Waals surface area (Å²) in [7, 11) is 0. The second-order valence-corrected chi connectivity index (χ2v) is 6.87. The number of aromatic nitrogens is 2. The minimum absolute atomic E-state index is 0. The van der Waals surface area contributed by atoms with Gasteiger partial charge in [0.1, 0.15) is 12.7 Å². The van der Waals surface area contributed by atoms with Gasteiger partial charge in [0.25, 0.3) is 5.82 Å². The molecule has 0 bridgehead atoms. The standard InChI is InChI=1S/C22H25N2.ClH/c1-18-11-13-19(14-12-18)16-23-17-21(20-8-4-2-5-9-20)24-15-7-3-6-10-22(23)24;/h2,4-5,8-9,11-14,17H,3,6-7,10,15-16H2,1H3;1H/q+1;. The summed E-state index contributed by atoms with van der Waals surface area (Å²) in [5, 5.41) is 0. The molecule has 3 aromatic rings. The number of imidazole rings is 1. The summed E-state index contributed by atoms with van der Waals surface area (Å²) in [4.78, 5) is 0. The molecule has 0 radical (unpaired) electrons. The fourth-order valence-corrected chi connectivity index (χ4v) is 3.71. The Balaban J connectivity index is 0.00000182. The van der Waals surface area contributed by atoms with Gasteiger partial charge in [0.15, 0.2) is 5.69 Å². The number of nitrogens with zero attached hydrogens (tertiary/aromatic N) is 2. The van der Waals surface area contributed by atoms with Crippen LogP contribution >= 0.6 is 12.4 Å². The molecular weight excluding hydrogens is 328 g/mol. The topological polar surface area (TPSA) is 8.81 Å². The highest BCUT2D eigenvalue weighted by Crippen LogP contribution is 2.24. The van der Waals surface area contributed by atoms with Gasteiger partial charge in [-0.25, -0.2) is 9.13 Å². The molecule has 2 aromatic carbocycles. The van der Waals surface area contributed by atoms with Gasteiger partial charge in [-0.3, -0.25) is 0 Å². The lowest BCUT2D eigenvalue weighted by atomic mass is 10.1. The van der Waals surface area contributed by atoms with Crippen LogP contribution in [0.4, 0.5) is 0 Å². The Labute approximate surface area is 156 Å². The summed E-state index contributed by atoms with van der Waals surface area (Å²) < 4.78 is 5.02. The van der Waals surface area contributed by atoms with Gasteiger partial charge in [-0.05, 0) is 31.7 Å². The van der Waals surface area contributed by atoms with Crippen LogP contribution in [0.1, 0.15) is 36.2 Å². The van der Waals surface area contributed by atoms with Crippen molar-refractivity contribution in [2.75, 3.05) is 0 Å². The molecule has 0 N–H and O–H groups in total. The van der Waals surface area contributed by atoms with Crippen molar-refractivity contribution < 1.29 is 4.57 Å². The van der Waals surface area contributed by atoms with Gasteiger partial charge in [-0.15, -0.1) is 12.4 Å². The lowest BCUT2D eigenvalue weighted by molar-refractivity contribution is -0.695. The molecule has 4 rings (SSSR count). The first-order valence-electron chi connectivity index (χ1n) is 9.04. The highest BCUT2D eigenvalue weighted by atomic mass is 35.5. The third kappa shape index (κ3) is 3.80. The van der Waals surface area contributed by atoms with E-state index in [4.69, 9.17) is 0 Å². The molecule has 3 heteroatoms. The first-order chi connectivity index (χ1) is 11.8. The highest BCUT2D eigenvalue weighted by molar-refractivity contribution is 5.85. The molecule has 2 nitrogen and oxygen atoms in total. The maximum absolute atomic E-state index is 2.55. The lowest BCUT2D eigenvalue weighted by Crippen LogP contribution is -2.37. The van der Waals surface area contributed by atoms with E-state index < -0.39 is 0 Å². The second kappa shape index (κ2) is 7.88. The van der Waals surface area contributed by atoms with Crippen molar-refractivity contribution in [3.05, 3.63) is 77.7 Å². The van der Waals surface area contributed by atoms with Gasteiger partial charge < -0.3 is 0 Å². The SMILES string of the molecule is Cc1ccc(C[n+]2cc(-c3ccccc3)n3c2CCCCC3)cc1.Cl. The van der Waals surface area contributed by atoms with Crippen molar-refractivity contribution in [3.63, 3.8) is 0 Å². The van der Waals surface area contributed by atoms with Crippen molar-refractivity contribution in [1.82, 2.24) is 4.57 Å². The molecule has 0 saturated carbocycles. The summed E-state index contributed by atoms with van der Waals surface area (Å²) in [6.07, 6.45) is 7.45. The zero-order chi connectivity index (χ0) is 16.4. The predicted molar refractivity (Wildman–Crippen MR) is 105 cm³/mol. The number of fused-ring (bicyclic) bond motifs is 1. The van der Waals surface area contributed by atoms with Gasteiger partial charge in [0.2, 0.25) is 0 Å². The van der Waals surface area contributed by atoms with Crippen molar-refractivity contribution in [2.24, 2.45) is 0 Å². The van der Waals surface area contributed by atoms with Crippen LogP contribution in [-0.2, 0) is 19.5 Å². The molecule has 25 heavy (non-hydrogen) atoms. The van der Waals surface area contributed by atoms with Crippen LogP contribution in [-0.4, -0.2) is 4.57 Å². The Morgan fingerprint density at radius 1 is 0.920 bits per heavy atom. The molecule has 0 aliphatic carbocycles. The normalized spacial score (nSPS) is 13.6. The van der Waals surface area contributed by atoms with Gasteiger partial charge in [-0.2, -0.15) is 0 Å². The maximum Gasteiger partial charge on any atom is 0.257 e.